The van der Waals surface area contributed by atoms with E-state index in [-0.39, 0.29) is 17.5 Å². The lowest BCUT2D eigenvalue weighted by atomic mass is 9.87. The average molecular weight is 344 g/mol. The first-order valence-electron chi connectivity index (χ1n) is 8.44. The molecule has 4 rings (SSSR count). The molecule has 2 heterocycles. The van der Waals surface area contributed by atoms with Gasteiger partial charge in [0, 0.05) is 35.0 Å². The lowest BCUT2D eigenvalue weighted by Crippen LogP contribution is -2.08. The van der Waals surface area contributed by atoms with Gasteiger partial charge in [0.25, 0.3) is 0 Å². The number of fused-ring (bicyclic) bond motifs is 1. The fourth-order valence-electron chi connectivity index (χ4n) is 3.28. The van der Waals surface area contributed by atoms with Crippen LogP contribution in [0.3, 0.4) is 0 Å². The van der Waals surface area contributed by atoms with Gasteiger partial charge in [0.1, 0.15) is 17.1 Å². The molecule has 1 atom stereocenters. The molecule has 0 aliphatic heterocycles. The number of hydrogen-bond acceptors (Lipinski definition) is 3. The van der Waals surface area contributed by atoms with Crippen LogP contribution in [0.15, 0.2) is 79.1 Å². The number of halogens is 1. The molecule has 0 aliphatic carbocycles. The molecule has 0 spiro atoms. The summed E-state index contributed by atoms with van der Waals surface area (Å²) in [7, 11) is 0. The van der Waals surface area contributed by atoms with E-state index < -0.39 is 0 Å². The highest BCUT2D eigenvalue weighted by atomic mass is 19.1. The lowest BCUT2D eigenvalue weighted by Gasteiger charge is -2.19. The van der Waals surface area contributed by atoms with Crippen molar-refractivity contribution in [2.45, 2.75) is 12.3 Å². The third-order valence-corrected chi connectivity index (χ3v) is 4.53. The van der Waals surface area contributed by atoms with Gasteiger partial charge in [-0.25, -0.2) is 4.39 Å². The van der Waals surface area contributed by atoms with E-state index in [4.69, 9.17) is 0 Å². The molecule has 0 saturated carbocycles. The average Bonchev–Trinajstić information content (AvgIpc) is 2.68. The Morgan fingerprint density at radius 3 is 2.58 bits per heavy atom. The molecule has 2 aromatic heterocycles. The fraction of sp³-hybridized carbons (Fsp3) is 0.0909. The minimum atomic E-state index is -0.272. The second-order valence-electron chi connectivity index (χ2n) is 6.22. The Balaban J connectivity index is 1.84. The summed E-state index contributed by atoms with van der Waals surface area (Å²) in [4.78, 5) is 8.78. The van der Waals surface area contributed by atoms with E-state index in [1.54, 1.807) is 18.5 Å². The topological polar surface area (TPSA) is 46.0 Å². The van der Waals surface area contributed by atoms with Crippen LogP contribution in [0.2, 0.25) is 0 Å². The van der Waals surface area contributed by atoms with Crippen molar-refractivity contribution in [3.63, 3.8) is 0 Å². The maximum absolute atomic E-state index is 13.6. The highest BCUT2D eigenvalue weighted by Crippen LogP contribution is 2.37. The molecule has 4 aromatic rings. The minimum Gasteiger partial charge on any atom is -0.505 e. The summed E-state index contributed by atoms with van der Waals surface area (Å²) in [5, 5.41) is 11.7. The van der Waals surface area contributed by atoms with Gasteiger partial charge >= 0.3 is 0 Å². The number of nitrogens with zero attached hydrogens (tertiary/aromatic N) is 2. The maximum atomic E-state index is 13.6. The Labute approximate surface area is 150 Å². The van der Waals surface area contributed by atoms with Gasteiger partial charge in [-0.2, -0.15) is 0 Å². The van der Waals surface area contributed by atoms with E-state index in [0.29, 0.717) is 11.9 Å². The molecule has 0 fully saturated rings. The first-order valence-corrected chi connectivity index (χ1v) is 8.44. The number of benzene rings is 2. The lowest BCUT2D eigenvalue weighted by molar-refractivity contribution is 0.469. The van der Waals surface area contributed by atoms with Crippen LogP contribution in [-0.4, -0.2) is 15.1 Å². The normalized spacial score (nSPS) is 12.2. The van der Waals surface area contributed by atoms with Gasteiger partial charge in [-0.3, -0.25) is 9.97 Å². The van der Waals surface area contributed by atoms with Crippen LogP contribution in [0.1, 0.15) is 22.7 Å². The standard InChI is InChI=1S/C22H17FN2O/c23-17-7-3-5-15(13-17)14-19(20-8-1-2-11-24-20)18-10-9-16-6-4-12-25-21(16)22(18)26/h1-13,19,26H,14H2. The maximum Gasteiger partial charge on any atom is 0.145 e. The summed E-state index contributed by atoms with van der Waals surface area (Å²) < 4.78 is 13.6. The van der Waals surface area contributed by atoms with E-state index in [2.05, 4.69) is 9.97 Å². The SMILES string of the molecule is Oc1c(C(Cc2cccc(F)c2)c2ccccn2)ccc2cccnc12. The van der Waals surface area contributed by atoms with Gasteiger partial charge in [-0.05, 0) is 42.3 Å². The van der Waals surface area contributed by atoms with Crippen molar-refractivity contribution in [3.05, 3.63) is 102 Å². The van der Waals surface area contributed by atoms with Gasteiger partial charge in [0.2, 0.25) is 0 Å². The number of phenolic OH excluding ortho intramolecular Hbond substituents is 1. The zero-order chi connectivity index (χ0) is 17.9. The monoisotopic (exact) mass is 344 g/mol. The molecular formula is C22H17FN2O. The third kappa shape index (κ3) is 3.14. The summed E-state index contributed by atoms with van der Waals surface area (Å²) in [5.74, 6) is -0.328. The molecule has 3 nitrogen and oxygen atoms in total. The van der Waals surface area contributed by atoms with Crippen LogP contribution in [-0.2, 0) is 6.42 Å². The van der Waals surface area contributed by atoms with Crippen LogP contribution in [0.5, 0.6) is 5.75 Å². The highest BCUT2D eigenvalue weighted by molar-refractivity contribution is 5.85. The molecule has 0 aliphatic rings. The zero-order valence-corrected chi connectivity index (χ0v) is 14.0. The largest absolute Gasteiger partial charge is 0.505 e. The van der Waals surface area contributed by atoms with Gasteiger partial charge in [0.15, 0.2) is 0 Å². The Bertz CT molecular complexity index is 1050. The van der Waals surface area contributed by atoms with E-state index in [1.165, 1.54) is 12.1 Å². The second-order valence-corrected chi connectivity index (χ2v) is 6.22. The highest BCUT2D eigenvalue weighted by Gasteiger charge is 2.21. The zero-order valence-electron chi connectivity index (χ0n) is 14.0. The first kappa shape index (κ1) is 16.2. The summed E-state index contributed by atoms with van der Waals surface area (Å²) >= 11 is 0. The van der Waals surface area contributed by atoms with E-state index >= 15 is 0 Å². The van der Waals surface area contributed by atoms with Gasteiger partial charge in [-0.1, -0.05) is 36.4 Å². The Morgan fingerprint density at radius 2 is 1.77 bits per heavy atom. The van der Waals surface area contributed by atoms with Crippen LogP contribution in [0, 0.1) is 5.82 Å². The van der Waals surface area contributed by atoms with Crippen molar-refractivity contribution in [1.82, 2.24) is 9.97 Å². The molecule has 0 amide bonds. The van der Waals surface area contributed by atoms with Crippen molar-refractivity contribution in [1.29, 1.82) is 0 Å². The van der Waals surface area contributed by atoms with E-state index in [1.807, 2.05) is 48.5 Å². The Hall–Kier alpha value is -3.27. The molecule has 1 N–H and O–H groups in total. The predicted molar refractivity (Wildman–Crippen MR) is 99.6 cm³/mol. The smallest absolute Gasteiger partial charge is 0.145 e. The Kier molecular flexibility index (Phi) is 4.32. The minimum absolute atomic E-state index is 0.148. The quantitative estimate of drug-likeness (QED) is 0.576. The molecule has 4 heteroatoms. The number of aromatic hydroxyl groups is 1. The van der Waals surface area contributed by atoms with Crippen LogP contribution < -0.4 is 0 Å². The van der Waals surface area contributed by atoms with Gasteiger partial charge < -0.3 is 5.11 Å². The van der Waals surface area contributed by atoms with Gasteiger partial charge in [-0.15, -0.1) is 0 Å². The van der Waals surface area contributed by atoms with Crippen LogP contribution >= 0.6 is 0 Å². The first-order chi connectivity index (χ1) is 12.7. The summed E-state index contributed by atoms with van der Waals surface area (Å²) in [5.41, 5.74) is 2.97. The number of pyridine rings is 2. The second kappa shape index (κ2) is 6.92. The summed E-state index contributed by atoms with van der Waals surface area (Å²) in [6.07, 6.45) is 3.92. The summed E-state index contributed by atoms with van der Waals surface area (Å²) in [6.45, 7) is 0. The van der Waals surface area contributed by atoms with Crippen molar-refractivity contribution >= 4 is 10.9 Å². The van der Waals surface area contributed by atoms with Crippen molar-refractivity contribution < 1.29 is 9.50 Å². The van der Waals surface area contributed by atoms with Crippen molar-refractivity contribution in [3.8, 4) is 5.75 Å². The third-order valence-electron chi connectivity index (χ3n) is 4.53. The molecular weight excluding hydrogens is 327 g/mol. The molecule has 26 heavy (non-hydrogen) atoms. The summed E-state index contributed by atoms with van der Waals surface area (Å²) in [6, 6.07) is 19.8. The number of hydrogen-bond donors (Lipinski definition) is 1. The van der Waals surface area contributed by atoms with E-state index in [9.17, 15) is 9.50 Å². The van der Waals surface area contributed by atoms with Crippen LogP contribution in [0.25, 0.3) is 10.9 Å². The number of phenols is 1. The molecule has 1 unspecified atom stereocenters. The molecule has 0 radical (unpaired) electrons. The fourth-order valence-corrected chi connectivity index (χ4v) is 3.28. The predicted octanol–water partition coefficient (Wildman–Crippen LogP) is 4.85. The number of aromatic nitrogens is 2. The van der Waals surface area contributed by atoms with Crippen molar-refractivity contribution in [2.24, 2.45) is 0 Å². The molecule has 0 bridgehead atoms. The van der Waals surface area contributed by atoms with Crippen molar-refractivity contribution in [2.75, 3.05) is 0 Å². The molecule has 2 aromatic carbocycles. The molecule has 0 saturated heterocycles. The Morgan fingerprint density at radius 1 is 0.885 bits per heavy atom. The molecule has 128 valence electrons. The van der Waals surface area contributed by atoms with Crippen LogP contribution in [0.4, 0.5) is 4.39 Å². The van der Waals surface area contributed by atoms with E-state index in [0.717, 1.165) is 22.2 Å². The van der Waals surface area contributed by atoms with Gasteiger partial charge in [0.05, 0.1) is 0 Å². The number of rotatable bonds is 4.